The minimum Gasteiger partial charge on any atom is -0.490 e. The molecule has 7 nitrogen and oxygen atoms in total. The maximum Gasteiger partial charge on any atom is 0.252 e. The van der Waals surface area contributed by atoms with E-state index in [1.807, 2.05) is 0 Å². The predicted octanol–water partition coefficient (Wildman–Crippen LogP) is 0.154. The van der Waals surface area contributed by atoms with Crippen molar-refractivity contribution in [2.24, 2.45) is 5.73 Å². The van der Waals surface area contributed by atoms with E-state index in [0.29, 0.717) is 5.75 Å². The lowest BCUT2D eigenvalue weighted by molar-refractivity contribution is 0.0321. The molecule has 1 aromatic carbocycles. The van der Waals surface area contributed by atoms with Crippen LogP contribution in [0.25, 0.3) is 0 Å². The van der Waals surface area contributed by atoms with Crippen LogP contribution in [0.5, 0.6) is 11.5 Å². The Morgan fingerprint density at radius 2 is 2.00 bits per heavy atom. The summed E-state index contributed by atoms with van der Waals surface area (Å²) in [6, 6.07) is 4.62. The number of aliphatic hydroxyl groups is 1. The number of aliphatic hydroxyl groups excluding tert-OH is 1. The molecule has 112 valence electrons. The molecule has 0 bridgehead atoms. The highest BCUT2D eigenvalue weighted by atomic mass is 16.7. The Kier molecular flexibility index (Phi) is 6.78. The molecule has 1 amide bonds. The monoisotopic (exact) mass is 285 g/mol. The normalized spacial score (nSPS) is 11.9. The van der Waals surface area contributed by atoms with E-state index in [4.69, 9.17) is 24.7 Å². The molecule has 0 heterocycles. The van der Waals surface area contributed by atoms with E-state index in [1.54, 1.807) is 12.1 Å². The molecule has 1 aromatic rings. The van der Waals surface area contributed by atoms with Gasteiger partial charge < -0.3 is 29.8 Å². The third-order valence-corrected chi connectivity index (χ3v) is 2.35. The van der Waals surface area contributed by atoms with Gasteiger partial charge >= 0.3 is 0 Å². The van der Waals surface area contributed by atoms with E-state index in [2.05, 4.69) is 0 Å². The van der Waals surface area contributed by atoms with Crippen LogP contribution in [0, 0.1) is 0 Å². The lowest BCUT2D eigenvalue weighted by atomic mass is 10.2. The summed E-state index contributed by atoms with van der Waals surface area (Å²) in [6.07, 6.45) is -0.787. The minimum atomic E-state index is -0.787. The van der Waals surface area contributed by atoms with Gasteiger partial charge in [-0.25, -0.2) is 0 Å². The molecule has 0 aromatic heterocycles. The maximum atomic E-state index is 11.4. The summed E-state index contributed by atoms with van der Waals surface area (Å²) < 4.78 is 20.1. The smallest absolute Gasteiger partial charge is 0.252 e. The number of carbonyl (C=O) groups is 1. The molecule has 1 rings (SSSR count). The number of hydrogen-bond acceptors (Lipinski definition) is 6. The number of ether oxygens (including phenoxy) is 4. The summed E-state index contributed by atoms with van der Waals surface area (Å²) >= 11 is 0. The summed E-state index contributed by atoms with van der Waals surface area (Å²) in [4.78, 5) is 11.4. The summed E-state index contributed by atoms with van der Waals surface area (Å²) in [5, 5.41) is 9.50. The molecule has 0 spiro atoms. The van der Waals surface area contributed by atoms with E-state index >= 15 is 0 Å². The average Bonchev–Trinajstić information content (AvgIpc) is 2.43. The van der Waals surface area contributed by atoms with Crippen molar-refractivity contribution in [3.63, 3.8) is 0 Å². The van der Waals surface area contributed by atoms with Gasteiger partial charge in [-0.05, 0) is 18.2 Å². The second-order valence-corrected chi connectivity index (χ2v) is 3.99. The molecule has 20 heavy (non-hydrogen) atoms. The standard InChI is InChI=1S/C13H19NO6/c1-17-6-9(15)7-19-12-4-3-10(20-8-18-2)5-11(12)13(14)16/h3-5,9,15H,6-8H2,1-2H3,(H2,14,16)/t9-/m0/s1. The largest absolute Gasteiger partial charge is 0.490 e. The second-order valence-electron chi connectivity index (χ2n) is 3.99. The first-order valence-electron chi connectivity index (χ1n) is 5.93. The topological polar surface area (TPSA) is 100 Å². The van der Waals surface area contributed by atoms with E-state index in [-0.39, 0.29) is 31.3 Å². The molecular formula is C13H19NO6. The van der Waals surface area contributed by atoms with Gasteiger partial charge in [-0.3, -0.25) is 4.79 Å². The van der Waals surface area contributed by atoms with Crippen molar-refractivity contribution in [1.29, 1.82) is 0 Å². The maximum absolute atomic E-state index is 11.4. The van der Waals surface area contributed by atoms with Gasteiger partial charge in [-0.2, -0.15) is 0 Å². The summed E-state index contributed by atoms with van der Waals surface area (Å²) in [5.74, 6) is 0.0620. The highest BCUT2D eigenvalue weighted by Gasteiger charge is 2.13. The summed E-state index contributed by atoms with van der Waals surface area (Å²) in [5.41, 5.74) is 5.45. The molecule has 3 N–H and O–H groups in total. The van der Waals surface area contributed by atoms with Crippen LogP contribution >= 0.6 is 0 Å². The molecule has 7 heteroatoms. The van der Waals surface area contributed by atoms with Crippen LogP contribution < -0.4 is 15.2 Å². The number of rotatable bonds is 9. The molecule has 0 aliphatic heterocycles. The molecular weight excluding hydrogens is 266 g/mol. The van der Waals surface area contributed by atoms with E-state index in [1.165, 1.54) is 20.3 Å². The number of primary amides is 1. The summed E-state index contributed by atoms with van der Waals surface area (Å²) in [7, 11) is 2.96. The highest BCUT2D eigenvalue weighted by molar-refractivity contribution is 5.96. The van der Waals surface area contributed by atoms with Gasteiger partial charge in [0.15, 0.2) is 6.79 Å². The highest BCUT2D eigenvalue weighted by Crippen LogP contribution is 2.24. The molecule has 1 atom stereocenters. The number of amides is 1. The quantitative estimate of drug-likeness (QED) is 0.627. The predicted molar refractivity (Wildman–Crippen MR) is 70.8 cm³/mol. The number of carbonyl (C=O) groups excluding carboxylic acids is 1. The zero-order valence-electron chi connectivity index (χ0n) is 11.5. The third-order valence-electron chi connectivity index (χ3n) is 2.35. The first-order valence-corrected chi connectivity index (χ1v) is 5.93. The third kappa shape index (κ3) is 5.04. The van der Waals surface area contributed by atoms with Crippen LogP contribution in [-0.4, -0.2) is 51.3 Å². The Hall–Kier alpha value is -1.83. The van der Waals surface area contributed by atoms with Crippen molar-refractivity contribution < 1.29 is 28.8 Å². The molecule has 0 fully saturated rings. The molecule has 0 aliphatic carbocycles. The van der Waals surface area contributed by atoms with Crippen molar-refractivity contribution in [1.82, 2.24) is 0 Å². The average molecular weight is 285 g/mol. The molecule has 0 saturated heterocycles. The molecule has 0 saturated carbocycles. The van der Waals surface area contributed by atoms with Gasteiger partial charge in [0.05, 0.1) is 12.2 Å². The fourth-order valence-electron chi connectivity index (χ4n) is 1.47. The van der Waals surface area contributed by atoms with Crippen LogP contribution in [0.3, 0.4) is 0 Å². The number of nitrogens with two attached hydrogens (primary N) is 1. The lowest BCUT2D eigenvalue weighted by Gasteiger charge is -2.14. The zero-order chi connectivity index (χ0) is 15.0. The van der Waals surface area contributed by atoms with Crippen molar-refractivity contribution in [3.05, 3.63) is 23.8 Å². The first kappa shape index (κ1) is 16.2. The Morgan fingerprint density at radius 3 is 2.60 bits per heavy atom. The van der Waals surface area contributed by atoms with Crippen molar-refractivity contribution >= 4 is 5.91 Å². The van der Waals surface area contributed by atoms with Crippen molar-refractivity contribution in [2.45, 2.75) is 6.10 Å². The number of methoxy groups -OCH3 is 2. The Bertz CT molecular complexity index is 437. The van der Waals surface area contributed by atoms with E-state index in [9.17, 15) is 9.90 Å². The van der Waals surface area contributed by atoms with Crippen molar-refractivity contribution in [3.8, 4) is 11.5 Å². The van der Waals surface area contributed by atoms with Gasteiger partial charge in [0.1, 0.15) is 24.2 Å². The number of hydrogen-bond donors (Lipinski definition) is 2. The molecule has 0 aliphatic rings. The van der Waals surface area contributed by atoms with Crippen LogP contribution in [0.15, 0.2) is 18.2 Å². The van der Waals surface area contributed by atoms with E-state index in [0.717, 1.165) is 0 Å². The van der Waals surface area contributed by atoms with E-state index < -0.39 is 12.0 Å². The fraction of sp³-hybridized carbons (Fsp3) is 0.462. The van der Waals surface area contributed by atoms with Crippen LogP contribution in [0.4, 0.5) is 0 Å². The SMILES string of the molecule is COCOc1ccc(OC[C@@H](O)COC)c(C(N)=O)c1. The Morgan fingerprint density at radius 1 is 1.25 bits per heavy atom. The Labute approximate surface area is 117 Å². The van der Waals surface area contributed by atoms with Crippen molar-refractivity contribution in [2.75, 3.05) is 34.2 Å². The minimum absolute atomic E-state index is 0.00754. The summed E-state index contributed by atoms with van der Waals surface area (Å²) in [6.45, 7) is 0.193. The first-order chi connectivity index (χ1) is 9.58. The number of benzene rings is 1. The van der Waals surface area contributed by atoms with Gasteiger partial charge in [0.2, 0.25) is 0 Å². The van der Waals surface area contributed by atoms with Gasteiger partial charge in [-0.15, -0.1) is 0 Å². The molecule has 0 radical (unpaired) electrons. The van der Waals surface area contributed by atoms with Gasteiger partial charge in [0, 0.05) is 14.2 Å². The van der Waals surface area contributed by atoms with Crippen LogP contribution in [0.2, 0.25) is 0 Å². The van der Waals surface area contributed by atoms with Gasteiger partial charge in [0.25, 0.3) is 5.91 Å². The molecule has 0 unspecified atom stereocenters. The zero-order valence-corrected chi connectivity index (χ0v) is 11.5. The Balaban J connectivity index is 2.76. The van der Waals surface area contributed by atoms with Crippen LogP contribution in [0.1, 0.15) is 10.4 Å². The fourth-order valence-corrected chi connectivity index (χ4v) is 1.47. The lowest BCUT2D eigenvalue weighted by Crippen LogP contribution is -2.23. The second kappa shape index (κ2) is 8.36. The van der Waals surface area contributed by atoms with Crippen LogP contribution in [-0.2, 0) is 9.47 Å². The van der Waals surface area contributed by atoms with Gasteiger partial charge in [-0.1, -0.05) is 0 Å².